The van der Waals surface area contributed by atoms with Gasteiger partial charge in [0.15, 0.2) is 0 Å². The molecule has 0 spiro atoms. The molecule has 0 fully saturated rings. The van der Waals surface area contributed by atoms with Crippen LogP contribution in [0.2, 0.25) is 0 Å². The normalized spacial score (nSPS) is 10.9. The molecule has 0 aliphatic heterocycles. The molecular weight excluding hydrogens is 256 g/mol. The van der Waals surface area contributed by atoms with Crippen molar-refractivity contribution >= 4 is 17.4 Å². The van der Waals surface area contributed by atoms with Crippen molar-refractivity contribution in [1.82, 2.24) is 4.90 Å². The number of rotatable bonds is 9. The molecule has 0 bridgehead atoms. The van der Waals surface area contributed by atoms with Crippen LogP contribution in [0.3, 0.4) is 0 Å². The Bertz CT molecular complexity index is 367. The van der Waals surface area contributed by atoms with Gasteiger partial charge in [0.25, 0.3) is 0 Å². The average Bonchev–Trinajstić information content (AvgIpc) is 2.42. The predicted molar refractivity (Wildman–Crippen MR) is 86.0 cm³/mol. The molecule has 0 aliphatic rings. The van der Waals surface area contributed by atoms with Gasteiger partial charge in [0.2, 0.25) is 0 Å². The van der Waals surface area contributed by atoms with Crippen LogP contribution in [-0.4, -0.2) is 36.9 Å². The molecule has 3 nitrogen and oxygen atoms in total. The first-order valence-electron chi connectivity index (χ1n) is 7.02. The molecule has 108 valence electrons. The van der Waals surface area contributed by atoms with E-state index in [0.717, 1.165) is 42.6 Å². The molecule has 19 heavy (non-hydrogen) atoms. The second-order valence-electron chi connectivity index (χ2n) is 4.38. The lowest BCUT2D eigenvalue weighted by Crippen LogP contribution is -2.25. The summed E-state index contributed by atoms with van der Waals surface area (Å²) in [5.41, 5.74) is 7.85. The van der Waals surface area contributed by atoms with Gasteiger partial charge < -0.3 is 15.4 Å². The van der Waals surface area contributed by atoms with Gasteiger partial charge in [-0.2, -0.15) is 11.8 Å². The predicted octanol–water partition coefficient (Wildman–Crippen LogP) is 3.24. The summed E-state index contributed by atoms with van der Waals surface area (Å²) < 4.78 is 5.63. The van der Waals surface area contributed by atoms with Gasteiger partial charge >= 0.3 is 0 Å². The second-order valence-corrected chi connectivity index (χ2v) is 5.48. The lowest BCUT2D eigenvalue weighted by Gasteiger charge is -2.17. The zero-order valence-electron chi connectivity index (χ0n) is 12.3. The van der Waals surface area contributed by atoms with E-state index in [9.17, 15) is 0 Å². The van der Waals surface area contributed by atoms with Crippen molar-refractivity contribution in [1.29, 1.82) is 0 Å². The van der Waals surface area contributed by atoms with Crippen LogP contribution in [0.25, 0.3) is 0 Å². The van der Waals surface area contributed by atoms with Crippen molar-refractivity contribution in [2.24, 2.45) is 0 Å². The summed E-state index contributed by atoms with van der Waals surface area (Å²) in [7, 11) is 0. The van der Waals surface area contributed by atoms with Crippen molar-refractivity contribution in [2.45, 2.75) is 26.5 Å². The SMILES string of the molecule is CCOc1ccc(N)cc1CSCCN(CC)CC. The van der Waals surface area contributed by atoms with Crippen LogP contribution in [0.15, 0.2) is 18.2 Å². The molecule has 0 atom stereocenters. The Morgan fingerprint density at radius 3 is 2.58 bits per heavy atom. The van der Waals surface area contributed by atoms with Crippen molar-refractivity contribution < 1.29 is 4.74 Å². The highest BCUT2D eigenvalue weighted by molar-refractivity contribution is 7.98. The van der Waals surface area contributed by atoms with Crippen LogP contribution in [0.5, 0.6) is 5.75 Å². The summed E-state index contributed by atoms with van der Waals surface area (Å²) in [6, 6.07) is 5.89. The number of nitrogens with zero attached hydrogens (tertiary/aromatic N) is 1. The Balaban J connectivity index is 2.45. The molecular formula is C15H26N2OS. The first-order chi connectivity index (χ1) is 9.21. The van der Waals surface area contributed by atoms with Crippen LogP contribution in [0.4, 0.5) is 5.69 Å². The molecule has 0 saturated heterocycles. The van der Waals surface area contributed by atoms with Crippen molar-refractivity contribution in [3.05, 3.63) is 23.8 Å². The lowest BCUT2D eigenvalue weighted by molar-refractivity contribution is 0.324. The van der Waals surface area contributed by atoms with Gasteiger partial charge in [0.05, 0.1) is 6.61 Å². The van der Waals surface area contributed by atoms with E-state index in [1.165, 1.54) is 5.56 Å². The maximum atomic E-state index is 5.85. The highest BCUT2D eigenvalue weighted by atomic mass is 32.2. The maximum Gasteiger partial charge on any atom is 0.123 e. The fraction of sp³-hybridized carbons (Fsp3) is 0.600. The number of nitrogens with two attached hydrogens (primary N) is 1. The Morgan fingerprint density at radius 2 is 1.95 bits per heavy atom. The summed E-state index contributed by atoms with van der Waals surface area (Å²) in [5, 5.41) is 0. The smallest absolute Gasteiger partial charge is 0.123 e. The molecule has 0 aliphatic carbocycles. The molecule has 2 N–H and O–H groups in total. The van der Waals surface area contributed by atoms with Crippen molar-refractivity contribution in [3.8, 4) is 5.75 Å². The zero-order chi connectivity index (χ0) is 14.1. The minimum absolute atomic E-state index is 0.695. The van der Waals surface area contributed by atoms with E-state index in [2.05, 4.69) is 18.7 Å². The quantitative estimate of drug-likeness (QED) is 0.557. The van der Waals surface area contributed by atoms with Crippen molar-refractivity contribution in [2.75, 3.05) is 37.7 Å². The third kappa shape index (κ3) is 5.74. The summed E-state index contributed by atoms with van der Waals surface area (Å²) in [6.07, 6.45) is 0. The summed E-state index contributed by atoms with van der Waals surface area (Å²) in [6.45, 7) is 10.5. The number of hydrogen-bond acceptors (Lipinski definition) is 4. The van der Waals surface area contributed by atoms with Crippen molar-refractivity contribution in [3.63, 3.8) is 0 Å². The number of thioether (sulfide) groups is 1. The number of hydrogen-bond donors (Lipinski definition) is 1. The molecule has 1 aromatic rings. The number of benzene rings is 1. The summed E-state index contributed by atoms with van der Waals surface area (Å²) in [4.78, 5) is 2.44. The van der Waals surface area contributed by atoms with Gasteiger partial charge in [0.1, 0.15) is 5.75 Å². The Labute approximate surface area is 121 Å². The van der Waals surface area contributed by atoms with E-state index in [-0.39, 0.29) is 0 Å². The van der Waals surface area contributed by atoms with Gasteiger partial charge in [-0.25, -0.2) is 0 Å². The highest BCUT2D eigenvalue weighted by Gasteiger charge is 2.05. The molecule has 0 unspecified atom stereocenters. The van der Waals surface area contributed by atoms with Gasteiger partial charge in [0, 0.05) is 29.3 Å². The number of anilines is 1. The molecule has 0 heterocycles. The van der Waals surface area contributed by atoms with Gasteiger partial charge in [-0.05, 0) is 38.2 Å². The molecule has 0 radical (unpaired) electrons. The highest BCUT2D eigenvalue weighted by Crippen LogP contribution is 2.25. The third-order valence-corrected chi connectivity index (χ3v) is 4.07. The number of ether oxygens (including phenoxy) is 1. The summed E-state index contributed by atoms with van der Waals surface area (Å²) >= 11 is 1.94. The molecule has 4 heteroatoms. The third-order valence-electron chi connectivity index (χ3n) is 3.09. The molecule has 0 saturated carbocycles. The average molecular weight is 282 g/mol. The van der Waals surface area contributed by atoms with Crippen LogP contribution in [0, 0.1) is 0 Å². The van der Waals surface area contributed by atoms with Gasteiger partial charge in [-0.1, -0.05) is 13.8 Å². The van der Waals surface area contributed by atoms with E-state index in [1.807, 2.05) is 36.9 Å². The van der Waals surface area contributed by atoms with Gasteiger partial charge in [-0.3, -0.25) is 0 Å². The largest absolute Gasteiger partial charge is 0.494 e. The molecule has 1 aromatic carbocycles. The topological polar surface area (TPSA) is 38.5 Å². The van der Waals surface area contributed by atoms with Crippen LogP contribution < -0.4 is 10.5 Å². The number of nitrogen functional groups attached to an aromatic ring is 1. The van der Waals surface area contributed by atoms with Crippen LogP contribution >= 0.6 is 11.8 Å². The summed E-state index contributed by atoms with van der Waals surface area (Å²) in [5.74, 6) is 3.07. The Morgan fingerprint density at radius 1 is 1.21 bits per heavy atom. The molecule has 0 aromatic heterocycles. The lowest BCUT2D eigenvalue weighted by atomic mass is 10.2. The van der Waals surface area contributed by atoms with Crippen LogP contribution in [0.1, 0.15) is 26.3 Å². The fourth-order valence-corrected chi connectivity index (χ4v) is 2.90. The van der Waals surface area contributed by atoms with E-state index in [1.54, 1.807) is 0 Å². The first kappa shape index (κ1) is 16.2. The maximum absolute atomic E-state index is 5.85. The monoisotopic (exact) mass is 282 g/mol. The van der Waals surface area contributed by atoms with E-state index in [0.29, 0.717) is 6.61 Å². The van der Waals surface area contributed by atoms with E-state index >= 15 is 0 Å². The second kappa shape index (κ2) is 9.10. The van der Waals surface area contributed by atoms with E-state index < -0.39 is 0 Å². The molecule has 0 amide bonds. The first-order valence-corrected chi connectivity index (χ1v) is 8.18. The van der Waals surface area contributed by atoms with E-state index in [4.69, 9.17) is 10.5 Å². The minimum Gasteiger partial charge on any atom is -0.494 e. The Hall–Kier alpha value is -0.870. The molecule has 1 rings (SSSR count). The zero-order valence-corrected chi connectivity index (χ0v) is 13.1. The Kier molecular flexibility index (Phi) is 7.75. The van der Waals surface area contributed by atoms with Crippen LogP contribution in [-0.2, 0) is 5.75 Å². The minimum atomic E-state index is 0.695. The van der Waals surface area contributed by atoms with Gasteiger partial charge in [-0.15, -0.1) is 0 Å². The standard InChI is InChI=1S/C15H26N2OS/c1-4-17(5-2)9-10-19-12-13-11-14(16)7-8-15(13)18-6-3/h7-8,11H,4-6,9-10,12,16H2,1-3H3. The fourth-order valence-electron chi connectivity index (χ4n) is 1.92.